The maximum absolute atomic E-state index is 12.0. The molecule has 0 aromatic heterocycles. The lowest BCUT2D eigenvalue weighted by Gasteiger charge is -2.23. The monoisotopic (exact) mass is 287 g/mol. The molecule has 0 aliphatic carbocycles. The van der Waals surface area contributed by atoms with E-state index in [2.05, 4.69) is 5.32 Å². The molecule has 1 aromatic rings. The average molecular weight is 288 g/mol. The van der Waals surface area contributed by atoms with Crippen LogP contribution in [0.5, 0.6) is 0 Å². The minimum Gasteiger partial charge on any atom is -0.346 e. The second kappa shape index (κ2) is 4.55. The number of hydrogen-bond donors (Lipinski definition) is 1. The van der Waals surface area contributed by atoms with Crippen LogP contribution in [0.3, 0.4) is 0 Å². The number of carbonyl (C=O) groups is 1. The predicted molar refractivity (Wildman–Crippen MR) is 70.6 cm³/mol. The molecule has 18 heavy (non-hydrogen) atoms. The number of nitrogens with one attached hydrogen (secondary N) is 1. The van der Waals surface area contributed by atoms with E-state index in [9.17, 15) is 13.2 Å². The van der Waals surface area contributed by atoms with E-state index in [4.69, 9.17) is 11.6 Å². The molecule has 2 rings (SSSR count). The molecule has 0 bridgehead atoms. The van der Waals surface area contributed by atoms with Crippen molar-refractivity contribution in [2.24, 2.45) is 0 Å². The predicted octanol–water partition coefficient (Wildman–Crippen LogP) is 1.65. The normalized spacial score (nSPS) is 25.9. The Morgan fingerprint density at radius 1 is 1.44 bits per heavy atom. The number of rotatable bonds is 2. The van der Waals surface area contributed by atoms with Gasteiger partial charge in [-0.2, -0.15) is 0 Å². The maximum atomic E-state index is 12.0. The Balaban J connectivity index is 2.13. The third-order valence-corrected chi connectivity index (χ3v) is 5.14. The molecule has 0 spiro atoms. The zero-order chi connectivity index (χ0) is 13.4. The first-order valence-electron chi connectivity index (χ1n) is 5.58. The van der Waals surface area contributed by atoms with Gasteiger partial charge in [-0.25, -0.2) is 8.42 Å². The molecule has 1 atom stereocenters. The Morgan fingerprint density at radius 3 is 2.72 bits per heavy atom. The number of sulfone groups is 1. The van der Waals surface area contributed by atoms with E-state index < -0.39 is 15.4 Å². The van der Waals surface area contributed by atoms with Crippen LogP contribution in [0.25, 0.3) is 0 Å². The van der Waals surface area contributed by atoms with Crippen molar-refractivity contribution in [3.05, 3.63) is 34.9 Å². The summed E-state index contributed by atoms with van der Waals surface area (Å²) in [5, 5.41) is 3.26. The van der Waals surface area contributed by atoms with Gasteiger partial charge in [0.25, 0.3) is 5.91 Å². The summed E-state index contributed by atoms with van der Waals surface area (Å²) in [6.45, 7) is 1.75. The van der Waals surface area contributed by atoms with Crippen LogP contribution < -0.4 is 5.32 Å². The first-order chi connectivity index (χ1) is 8.30. The van der Waals surface area contributed by atoms with Crippen molar-refractivity contribution >= 4 is 27.3 Å². The van der Waals surface area contributed by atoms with Gasteiger partial charge in [-0.3, -0.25) is 4.79 Å². The van der Waals surface area contributed by atoms with E-state index in [0.717, 1.165) is 0 Å². The molecule has 1 amide bonds. The summed E-state index contributed by atoms with van der Waals surface area (Å²) in [4.78, 5) is 12.0. The highest BCUT2D eigenvalue weighted by atomic mass is 35.5. The van der Waals surface area contributed by atoms with Gasteiger partial charge in [0.15, 0.2) is 9.84 Å². The van der Waals surface area contributed by atoms with Crippen molar-refractivity contribution < 1.29 is 13.2 Å². The molecule has 1 saturated heterocycles. The third kappa shape index (κ3) is 3.03. The summed E-state index contributed by atoms with van der Waals surface area (Å²) in [6, 6.07) is 6.57. The summed E-state index contributed by atoms with van der Waals surface area (Å²) >= 11 is 5.81. The maximum Gasteiger partial charge on any atom is 0.251 e. The highest BCUT2D eigenvalue weighted by Crippen LogP contribution is 2.23. The summed E-state index contributed by atoms with van der Waals surface area (Å²) < 4.78 is 22.9. The molecule has 6 heteroatoms. The van der Waals surface area contributed by atoms with Crippen LogP contribution in [0.15, 0.2) is 24.3 Å². The zero-order valence-corrected chi connectivity index (χ0v) is 11.5. The van der Waals surface area contributed by atoms with Crippen LogP contribution in [0, 0.1) is 0 Å². The number of carbonyl (C=O) groups excluding carboxylic acids is 1. The molecular weight excluding hydrogens is 274 g/mol. The van der Waals surface area contributed by atoms with Gasteiger partial charge in [0.1, 0.15) is 0 Å². The van der Waals surface area contributed by atoms with Crippen LogP contribution in [0.4, 0.5) is 0 Å². The molecular formula is C12H14ClNO3S. The highest BCUT2D eigenvalue weighted by molar-refractivity contribution is 7.91. The lowest BCUT2D eigenvalue weighted by Crippen LogP contribution is -2.46. The molecule has 1 fully saturated rings. The first-order valence-corrected chi connectivity index (χ1v) is 7.78. The van der Waals surface area contributed by atoms with Crippen molar-refractivity contribution in [3.63, 3.8) is 0 Å². The molecule has 0 unspecified atom stereocenters. The Bertz CT molecular complexity index is 585. The minimum atomic E-state index is -3.03. The first kappa shape index (κ1) is 13.4. The summed E-state index contributed by atoms with van der Waals surface area (Å²) in [7, 11) is -3.03. The van der Waals surface area contributed by atoms with Crippen LogP contribution >= 0.6 is 11.6 Å². The lowest BCUT2D eigenvalue weighted by molar-refractivity contribution is 0.0915. The smallest absolute Gasteiger partial charge is 0.251 e. The largest absolute Gasteiger partial charge is 0.346 e. The molecule has 1 N–H and O–H groups in total. The molecule has 1 aliphatic heterocycles. The Morgan fingerprint density at radius 2 is 2.17 bits per heavy atom. The summed E-state index contributed by atoms with van der Waals surface area (Å²) in [5.41, 5.74) is -0.244. The molecule has 4 nitrogen and oxygen atoms in total. The molecule has 98 valence electrons. The van der Waals surface area contributed by atoms with Gasteiger partial charge in [-0.05, 0) is 31.5 Å². The van der Waals surface area contributed by atoms with Crippen molar-refractivity contribution in [1.29, 1.82) is 0 Å². The second-order valence-electron chi connectivity index (χ2n) is 4.87. The standard InChI is InChI=1S/C12H14ClNO3S/c1-12(5-6-18(16,17)8-12)14-11(15)9-3-2-4-10(13)7-9/h2-4,7H,5-6,8H2,1H3,(H,14,15)/t12-/m1/s1. The van der Waals surface area contributed by atoms with E-state index in [0.29, 0.717) is 17.0 Å². The average Bonchev–Trinajstić information content (AvgIpc) is 2.52. The fourth-order valence-electron chi connectivity index (χ4n) is 2.09. The SMILES string of the molecule is C[C@@]1(NC(=O)c2cccc(Cl)c2)CCS(=O)(=O)C1. The number of hydrogen-bond acceptors (Lipinski definition) is 3. The van der Waals surface area contributed by atoms with Crippen LogP contribution in [-0.4, -0.2) is 31.4 Å². The fourth-order valence-corrected chi connectivity index (χ4v) is 4.37. The van der Waals surface area contributed by atoms with Crippen LogP contribution in [0.2, 0.25) is 5.02 Å². The van der Waals surface area contributed by atoms with Gasteiger partial charge in [-0.1, -0.05) is 17.7 Å². The Labute approximate surface area is 111 Å². The molecule has 1 aliphatic rings. The zero-order valence-electron chi connectivity index (χ0n) is 9.94. The molecule has 0 radical (unpaired) electrons. The summed E-state index contributed by atoms with van der Waals surface area (Å²) in [6.07, 6.45) is 0.446. The number of halogens is 1. The third-order valence-electron chi connectivity index (χ3n) is 3.01. The van der Waals surface area contributed by atoms with E-state index in [1.54, 1.807) is 31.2 Å². The van der Waals surface area contributed by atoms with Gasteiger partial charge >= 0.3 is 0 Å². The van der Waals surface area contributed by atoms with Crippen molar-refractivity contribution in [2.45, 2.75) is 18.9 Å². The second-order valence-corrected chi connectivity index (χ2v) is 7.49. The van der Waals surface area contributed by atoms with Gasteiger partial charge < -0.3 is 5.32 Å². The van der Waals surface area contributed by atoms with Crippen LogP contribution in [-0.2, 0) is 9.84 Å². The molecule has 1 aromatic carbocycles. The molecule has 0 saturated carbocycles. The highest BCUT2D eigenvalue weighted by Gasteiger charge is 2.39. The van der Waals surface area contributed by atoms with E-state index in [1.807, 2.05) is 0 Å². The van der Waals surface area contributed by atoms with Gasteiger partial charge in [0, 0.05) is 10.6 Å². The van der Waals surface area contributed by atoms with Crippen molar-refractivity contribution in [1.82, 2.24) is 5.32 Å². The van der Waals surface area contributed by atoms with E-state index >= 15 is 0 Å². The number of amides is 1. The topological polar surface area (TPSA) is 63.2 Å². The Hall–Kier alpha value is -1.07. The molecule has 1 heterocycles. The van der Waals surface area contributed by atoms with Gasteiger partial charge in [-0.15, -0.1) is 0 Å². The van der Waals surface area contributed by atoms with Crippen LogP contribution in [0.1, 0.15) is 23.7 Å². The lowest BCUT2D eigenvalue weighted by atomic mass is 10.0. The Kier molecular flexibility index (Phi) is 3.38. The van der Waals surface area contributed by atoms with Crippen molar-refractivity contribution in [3.8, 4) is 0 Å². The quantitative estimate of drug-likeness (QED) is 0.899. The van der Waals surface area contributed by atoms with Gasteiger partial charge in [0.05, 0.1) is 17.0 Å². The van der Waals surface area contributed by atoms with E-state index in [1.165, 1.54) is 0 Å². The fraction of sp³-hybridized carbons (Fsp3) is 0.417. The van der Waals surface area contributed by atoms with Crippen molar-refractivity contribution in [2.75, 3.05) is 11.5 Å². The minimum absolute atomic E-state index is 0.00763. The number of benzene rings is 1. The van der Waals surface area contributed by atoms with E-state index in [-0.39, 0.29) is 17.4 Å². The van der Waals surface area contributed by atoms with Gasteiger partial charge in [0.2, 0.25) is 0 Å². The summed E-state index contributed by atoms with van der Waals surface area (Å²) in [5.74, 6) is -0.178.